The molecule has 0 bridgehead atoms. The summed E-state index contributed by atoms with van der Waals surface area (Å²) in [6, 6.07) is 88.6. The van der Waals surface area contributed by atoms with E-state index in [-0.39, 0.29) is 0 Å². The molecule has 0 saturated heterocycles. The molecule has 12 rings (SSSR count). The zero-order valence-electron chi connectivity index (χ0n) is 34.0. The summed E-state index contributed by atoms with van der Waals surface area (Å²) in [5, 5.41) is 9.80. The molecule has 1 heterocycles. The monoisotopic (exact) mass is 788 g/mol. The Morgan fingerprint density at radius 1 is 0.290 bits per heavy atom. The predicted octanol–water partition coefficient (Wildman–Crippen LogP) is 16.7. The summed E-state index contributed by atoms with van der Waals surface area (Å²) in [5.74, 6) is 0. The number of hydrogen-bond acceptors (Lipinski definition) is 1. The smallest absolute Gasteiger partial charge is 0.0562 e. The molecule has 0 aliphatic heterocycles. The SMILES string of the molecule is c1ccc(-c2cccc3cccc(-c4ccc(N(c5cc(-c6cccc7ccccc67)c6ccccc6c5)c5cccc6c5c5ccccc5n6-c5ccccc5)cc4)c23)cc1. The van der Waals surface area contributed by atoms with Gasteiger partial charge in [-0.05, 0) is 120 Å². The van der Waals surface area contributed by atoms with Crippen molar-refractivity contribution in [2.45, 2.75) is 0 Å². The molecule has 2 heteroatoms. The van der Waals surface area contributed by atoms with Crippen LogP contribution in [0.15, 0.2) is 243 Å². The van der Waals surface area contributed by atoms with Gasteiger partial charge >= 0.3 is 0 Å². The number of para-hydroxylation sites is 2. The van der Waals surface area contributed by atoms with E-state index >= 15 is 0 Å². The van der Waals surface area contributed by atoms with Gasteiger partial charge in [0.25, 0.3) is 0 Å². The Bertz CT molecular complexity index is 3610. The lowest BCUT2D eigenvalue weighted by molar-refractivity contribution is 1.18. The largest absolute Gasteiger partial charge is 0.310 e. The van der Waals surface area contributed by atoms with Crippen LogP contribution in [-0.4, -0.2) is 4.57 Å². The van der Waals surface area contributed by atoms with Crippen molar-refractivity contribution >= 4 is 71.2 Å². The lowest BCUT2D eigenvalue weighted by atomic mass is 9.91. The van der Waals surface area contributed by atoms with Gasteiger partial charge in [-0.2, -0.15) is 0 Å². The topological polar surface area (TPSA) is 8.17 Å². The normalized spacial score (nSPS) is 11.5. The highest BCUT2D eigenvalue weighted by molar-refractivity contribution is 6.17. The summed E-state index contributed by atoms with van der Waals surface area (Å²) in [7, 11) is 0. The average Bonchev–Trinajstić information content (AvgIpc) is 3.69. The maximum Gasteiger partial charge on any atom is 0.0562 e. The summed E-state index contributed by atoms with van der Waals surface area (Å²) in [4.78, 5) is 2.48. The van der Waals surface area contributed by atoms with Crippen LogP contribution >= 0.6 is 0 Å². The van der Waals surface area contributed by atoms with E-state index in [9.17, 15) is 0 Å². The van der Waals surface area contributed by atoms with E-state index in [0.29, 0.717) is 0 Å². The Hall–Kier alpha value is -8.20. The molecule has 0 saturated carbocycles. The molecular formula is C60H40N2. The zero-order valence-corrected chi connectivity index (χ0v) is 34.0. The molecule has 0 unspecified atom stereocenters. The summed E-state index contributed by atoms with van der Waals surface area (Å²) in [6.45, 7) is 0. The number of anilines is 3. The van der Waals surface area contributed by atoms with Crippen molar-refractivity contribution in [1.82, 2.24) is 4.57 Å². The second-order valence-electron chi connectivity index (χ2n) is 16.1. The predicted molar refractivity (Wildman–Crippen MR) is 264 cm³/mol. The number of aromatic nitrogens is 1. The van der Waals surface area contributed by atoms with Crippen LogP contribution in [0, 0.1) is 0 Å². The third kappa shape index (κ3) is 5.88. The first-order valence-electron chi connectivity index (χ1n) is 21.3. The van der Waals surface area contributed by atoms with Gasteiger partial charge in [-0.15, -0.1) is 0 Å². The Morgan fingerprint density at radius 3 is 1.56 bits per heavy atom. The van der Waals surface area contributed by atoms with Crippen molar-refractivity contribution in [2.75, 3.05) is 4.90 Å². The third-order valence-electron chi connectivity index (χ3n) is 12.5. The highest BCUT2D eigenvalue weighted by Gasteiger charge is 2.23. The second kappa shape index (κ2) is 14.8. The number of nitrogens with zero attached hydrogens (tertiary/aromatic N) is 2. The van der Waals surface area contributed by atoms with E-state index < -0.39 is 0 Å². The van der Waals surface area contributed by atoms with Gasteiger partial charge in [0.2, 0.25) is 0 Å². The quantitative estimate of drug-likeness (QED) is 0.156. The molecule has 0 aliphatic rings. The first-order valence-corrected chi connectivity index (χ1v) is 21.3. The minimum absolute atomic E-state index is 1.08. The number of benzene rings is 11. The van der Waals surface area contributed by atoms with Gasteiger partial charge in [0.1, 0.15) is 0 Å². The Labute approximate surface area is 360 Å². The Kier molecular flexibility index (Phi) is 8.53. The first-order chi connectivity index (χ1) is 30.8. The van der Waals surface area contributed by atoms with E-state index in [1.807, 2.05) is 0 Å². The molecule has 0 amide bonds. The standard InChI is InChI=1S/C60H40N2/c1-3-17-42(18-4-1)51-29-14-22-44-23-15-30-52(59(44)51)43-35-37-47(38-36-43)61(57-33-16-34-58-60(57)54-28-11-12-32-56(54)62(58)46-24-5-2-6-25-46)48-39-45-20-8-10-27-50(45)55(40-48)53-31-13-21-41-19-7-9-26-49(41)53/h1-40H. The van der Waals surface area contributed by atoms with Crippen LogP contribution in [-0.2, 0) is 0 Å². The molecule has 0 aliphatic carbocycles. The molecule has 1 aromatic heterocycles. The van der Waals surface area contributed by atoms with Crippen LogP contribution in [0.1, 0.15) is 0 Å². The van der Waals surface area contributed by atoms with Gasteiger partial charge in [0.05, 0.1) is 16.7 Å². The van der Waals surface area contributed by atoms with Crippen LogP contribution in [0.2, 0.25) is 0 Å². The van der Waals surface area contributed by atoms with Gasteiger partial charge in [-0.1, -0.05) is 188 Å². The fourth-order valence-electron chi connectivity index (χ4n) is 9.81. The number of hydrogen-bond donors (Lipinski definition) is 0. The minimum atomic E-state index is 1.08. The molecule has 0 atom stereocenters. The maximum atomic E-state index is 2.48. The van der Waals surface area contributed by atoms with Gasteiger partial charge in [-0.3, -0.25) is 0 Å². The van der Waals surface area contributed by atoms with Crippen LogP contribution in [0.5, 0.6) is 0 Å². The summed E-state index contributed by atoms with van der Waals surface area (Å²) in [6.07, 6.45) is 0. The fourth-order valence-corrected chi connectivity index (χ4v) is 9.81. The Balaban J connectivity index is 1.12. The van der Waals surface area contributed by atoms with E-state index in [1.54, 1.807) is 0 Å². The molecule has 11 aromatic carbocycles. The third-order valence-corrected chi connectivity index (χ3v) is 12.5. The lowest BCUT2D eigenvalue weighted by Crippen LogP contribution is -2.11. The van der Waals surface area contributed by atoms with Crippen molar-refractivity contribution in [3.63, 3.8) is 0 Å². The van der Waals surface area contributed by atoms with Crippen LogP contribution in [0.3, 0.4) is 0 Å². The molecule has 0 fully saturated rings. The van der Waals surface area contributed by atoms with Crippen molar-refractivity contribution in [1.29, 1.82) is 0 Å². The van der Waals surface area contributed by atoms with Gasteiger partial charge in [0.15, 0.2) is 0 Å². The van der Waals surface area contributed by atoms with Crippen LogP contribution in [0.4, 0.5) is 17.1 Å². The van der Waals surface area contributed by atoms with Crippen molar-refractivity contribution < 1.29 is 0 Å². The Morgan fingerprint density at radius 2 is 0.823 bits per heavy atom. The molecule has 0 radical (unpaired) electrons. The molecule has 290 valence electrons. The van der Waals surface area contributed by atoms with Crippen molar-refractivity contribution in [3.05, 3.63) is 243 Å². The number of fused-ring (bicyclic) bond motifs is 6. The minimum Gasteiger partial charge on any atom is -0.310 e. The van der Waals surface area contributed by atoms with Crippen molar-refractivity contribution in [3.8, 4) is 39.1 Å². The molecule has 62 heavy (non-hydrogen) atoms. The molecule has 0 spiro atoms. The number of rotatable bonds is 7. The zero-order chi connectivity index (χ0) is 41.0. The average molecular weight is 789 g/mol. The van der Waals surface area contributed by atoms with Crippen molar-refractivity contribution in [2.24, 2.45) is 0 Å². The van der Waals surface area contributed by atoms with Gasteiger partial charge in [-0.25, -0.2) is 0 Å². The summed E-state index contributed by atoms with van der Waals surface area (Å²) >= 11 is 0. The maximum absolute atomic E-state index is 2.48. The first kappa shape index (κ1) is 35.7. The summed E-state index contributed by atoms with van der Waals surface area (Å²) < 4.78 is 2.40. The molecule has 2 nitrogen and oxygen atoms in total. The van der Waals surface area contributed by atoms with Gasteiger partial charge in [0, 0.05) is 27.8 Å². The van der Waals surface area contributed by atoms with Gasteiger partial charge < -0.3 is 9.47 Å². The van der Waals surface area contributed by atoms with Crippen LogP contribution in [0.25, 0.3) is 93.2 Å². The molecule has 0 N–H and O–H groups in total. The molecule has 12 aromatic rings. The highest BCUT2D eigenvalue weighted by Crippen LogP contribution is 2.47. The lowest BCUT2D eigenvalue weighted by Gasteiger charge is -2.28. The second-order valence-corrected chi connectivity index (χ2v) is 16.1. The fraction of sp³-hybridized carbons (Fsp3) is 0. The van der Waals surface area contributed by atoms with Crippen LogP contribution < -0.4 is 4.90 Å². The van der Waals surface area contributed by atoms with E-state index in [0.717, 1.165) is 28.3 Å². The highest BCUT2D eigenvalue weighted by atomic mass is 15.1. The van der Waals surface area contributed by atoms with E-state index in [2.05, 4.69) is 252 Å². The van der Waals surface area contributed by atoms with E-state index in [1.165, 1.54) is 82.0 Å². The molecular weight excluding hydrogens is 749 g/mol. The summed E-state index contributed by atoms with van der Waals surface area (Å²) in [5.41, 5.74) is 14.1. The van der Waals surface area contributed by atoms with E-state index in [4.69, 9.17) is 0 Å².